The van der Waals surface area contributed by atoms with Crippen molar-refractivity contribution < 1.29 is 42.0 Å². The Morgan fingerprint density at radius 3 is 2.75 bits per heavy atom. The van der Waals surface area contributed by atoms with Crippen molar-refractivity contribution in [2.24, 2.45) is 11.8 Å². The SMILES string of the molecule is CC(=O)[O][Hg][C@@H](C)[C@H]1OC(=O)[C@H](C)C[C@@H]1C. The van der Waals surface area contributed by atoms with E-state index in [1.165, 1.54) is 6.92 Å². The topological polar surface area (TPSA) is 52.6 Å². The molecule has 1 aliphatic heterocycles. The molecule has 0 aromatic heterocycles. The molecule has 0 amide bonds. The maximum absolute atomic E-state index is 11.5. The summed E-state index contributed by atoms with van der Waals surface area (Å²) in [7, 11) is 0. The number of cyclic esters (lactones) is 1. The Hall–Kier alpha value is -0.125. The van der Waals surface area contributed by atoms with Gasteiger partial charge < -0.3 is 0 Å². The molecule has 1 aliphatic rings. The van der Waals surface area contributed by atoms with Gasteiger partial charge in [0, 0.05) is 0 Å². The molecule has 1 fully saturated rings. The summed E-state index contributed by atoms with van der Waals surface area (Å²) in [5, 5.41) is 0. The molecule has 0 bridgehead atoms. The van der Waals surface area contributed by atoms with E-state index in [0.717, 1.165) is 6.42 Å². The molecule has 1 rings (SSSR count). The maximum atomic E-state index is 11.5. The monoisotopic (exact) mass is 416 g/mol. The van der Waals surface area contributed by atoms with Gasteiger partial charge in [-0.1, -0.05) is 0 Å². The van der Waals surface area contributed by atoms with Gasteiger partial charge in [-0.05, 0) is 0 Å². The first-order chi connectivity index (χ1) is 7.41. The quantitative estimate of drug-likeness (QED) is 0.523. The standard InChI is InChI=1S/C9H15O2.C2H4O2.Hg/c1-4-8-6(2)5-7(3)9(10)11-8;1-2(3)4;/h4,6-8H,5H2,1-3H3;1H3,(H,3,4);/q;;+1/p-1/t6-,7+,8+;;/m0../s1. The normalized spacial score (nSPS) is 31.2. The van der Waals surface area contributed by atoms with Gasteiger partial charge in [-0.3, -0.25) is 0 Å². The second-order valence-corrected chi connectivity index (χ2v) is 12.2. The predicted molar refractivity (Wildman–Crippen MR) is 54.0 cm³/mol. The van der Waals surface area contributed by atoms with Crippen LogP contribution in [-0.2, 0) is 42.0 Å². The van der Waals surface area contributed by atoms with Gasteiger partial charge >= 0.3 is 109 Å². The van der Waals surface area contributed by atoms with Crippen molar-refractivity contribution >= 4 is 11.9 Å². The van der Waals surface area contributed by atoms with E-state index in [9.17, 15) is 9.59 Å². The van der Waals surface area contributed by atoms with E-state index in [0.29, 0.717) is 5.92 Å². The molecular formula is C11H18HgO4. The van der Waals surface area contributed by atoms with Crippen molar-refractivity contribution in [1.82, 2.24) is 0 Å². The molecule has 0 N–H and O–H groups in total. The van der Waals surface area contributed by atoms with Gasteiger partial charge in [0.25, 0.3) is 0 Å². The van der Waals surface area contributed by atoms with Crippen molar-refractivity contribution in [2.75, 3.05) is 0 Å². The van der Waals surface area contributed by atoms with Gasteiger partial charge in [-0.25, -0.2) is 0 Å². The molecule has 0 unspecified atom stereocenters. The number of hydrogen-bond donors (Lipinski definition) is 0. The van der Waals surface area contributed by atoms with Crippen LogP contribution in [0.1, 0.15) is 34.1 Å². The molecule has 1 heterocycles. The summed E-state index contributed by atoms with van der Waals surface area (Å²) in [6.07, 6.45) is 0.839. The summed E-state index contributed by atoms with van der Waals surface area (Å²) in [5.41, 5.74) is 0. The summed E-state index contributed by atoms with van der Waals surface area (Å²) in [6, 6.07) is 0. The Balaban J connectivity index is 2.51. The van der Waals surface area contributed by atoms with Crippen molar-refractivity contribution in [3.05, 3.63) is 0 Å². The molecule has 0 radical (unpaired) electrons. The van der Waals surface area contributed by atoms with E-state index in [-0.39, 0.29) is 27.4 Å². The van der Waals surface area contributed by atoms with Gasteiger partial charge in [0.15, 0.2) is 0 Å². The van der Waals surface area contributed by atoms with Crippen LogP contribution in [0.2, 0.25) is 3.43 Å². The second kappa shape index (κ2) is 5.98. The number of esters is 1. The first-order valence-corrected chi connectivity index (χ1v) is 11.2. The van der Waals surface area contributed by atoms with E-state index in [2.05, 4.69) is 6.92 Å². The number of hydrogen-bond acceptors (Lipinski definition) is 4. The van der Waals surface area contributed by atoms with Crippen molar-refractivity contribution in [3.8, 4) is 0 Å². The van der Waals surface area contributed by atoms with Crippen LogP contribution < -0.4 is 0 Å². The Bertz CT molecular complexity index is 279. The number of rotatable bonds is 3. The third kappa shape index (κ3) is 3.72. The first-order valence-electron chi connectivity index (χ1n) is 5.75. The average molecular weight is 415 g/mol. The number of carbonyl (C=O) groups is 2. The molecule has 0 aliphatic carbocycles. The van der Waals surface area contributed by atoms with Crippen molar-refractivity contribution in [3.63, 3.8) is 0 Å². The predicted octanol–water partition coefficient (Wildman–Crippen LogP) is 1.94. The number of carbonyl (C=O) groups excluding carboxylic acids is 2. The van der Waals surface area contributed by atoms with Crippen LogP contribution in [0.15, 0.2) is 0 Å². The van der Waals surface area contributed by atoms with Crippen molar-refractivity contribution in [1.29, 1.82) is 0 Å². The van der Waals surface area contributed by atoms with Gasteiger partial charge in [-0.15, -0.1) is 0 Å². The van der Waals surface area contributed by atoms with Crippen LogP contribution in [0.25, 0.3) is 0 Å². The van der Waals surface area contributed by atoms with E-state index in [1.54, 1.807) is 0 Å². The summed E-state index contributed by atoms with van der Waals surface area (Å²) >= 11 is -1.71. The zero-order chi connectivity index (χ0) is 12.3. The third-order valence-electron chi connectivity index (χ3n) is 3.05. The van der Waals surface area contributed by atoms with Crippen LogP contribution in [0.5, 0.6) is 0 Å². The summed E-state index contributed by atoms with van der Waals surface area (Å²) in [6.45, 7) is 7.47. The Morgan fingerprint density at radius 2 is 2.19 bits per heavy atom. The van der Waals surface area contributed by atoms with Crippen LogP contribution in [0.3, 0.4) is 0 Å². The summed E-state index contributed by atoms with van der Waals surface area (Å²) in [5.74, 6) is 0.0740. The summed E-state index contributed by atoms with van der Waals surface area (Å²) < 4.78 is 10.9. The van der Waals surface area contributed by atoms with Crippen LogP contribution in [-0.4, -0.2) is 18.0 Å². The van der Waals surface area contributed by atoms with Gasteiger partial charge in [0.2, 0.25) is 0 Å². The molecule has 0 spiro atoms. The summed E-state index contributed by atoms with van der Waals surface area (Å²) in [4.78, 5) is 22.2. The molecule has 1 saturated heterocycles. The fraction of sp³-hybridized carbons (Fsp3) is 0.818. The molecule has 0 aromatic rings. The first kappa shape index (κ1) is 13.9. The van der Waals surface area contributed by atoms with Crippen LogP contribution in [0.4, 0.5) is 0 Å². The van der Waals surface area contributed by atoms with Crippen LogP contribution in [0, 0.1) is 11.8 Å². The molecule has 4 nitrogen and oxygen atoms in total. The molecule has 5 heteroatoms. The Morgan fingerprint density at radius 1 is 1.56 bits per heavy atom. The van der Waals surface area contributed by atoms with E-state index in [1.807, 2.05) is 13.8 Å². The Labute approximate surface area is 109 Å². The second-order valence-electron chi connectivity index (χ2n) is 4.80. The number of ether oxygens (including phenoxy) is 1. The zero-order valence-electron chi connectivity index (χ0n) is 10.4. The third-order valence-corrected chi connectivity index (χ3v) is 9.13. The molecule has 4 atom stereocenters. The molecule has 0 aromatic carbocycles. The van der Waals surface area contributed by atoms with Gasteiger partial charge in [0.1, 0.15) is 0 Å². The van der Waals surface area contributed by atoms with Crippen molar-refractivity contribution in [2.45, 2.75) is 43.6 Å². The zero-order valence-corrected chi connectivity index (χ0v) is 15.9. The molecule has 0 saturated carbocycles. The van der Waals surface area contributed by atoms with Gasteiger partial charge in [0.05, 0.1) is 0 Å². The van der Waals surface area contributed by atoms with E-state index in [4.69, 9.17) is 7.38 Å². The van der Waals surface area contributed by atoms with E-state index >= 15 is 0 Å². The fourth-order valence-electron chi connectivity index (χ4n) is 2.18. The van der Waals surface area contributed by atoms with Crippen LogP contribution >= 0.6 is 0 Å². The minimum atomic E-state index is -1.71. The molecular weight excluding hydrogens is 397 g/mol. The average Bonchev–Trinajstić information content (AvgIpc) is 2.20. The Kier molecular flexibility index (Phi) is 5.21. The molecule has 88 valence electrons. The minimum absolute atomic E-state index is 0.00356. The van der Waals surface area contributed by atoms with E-state index < -0.39 is 25.0 Å². The fourth-order valence-corrected chi connectivity index (χ4v) is 7.03. The molecule has 16 heavy (non-hydrogen) atoms. The van der Waals surface area contributed by atoms with Gasteiger partial charge in [-0.2, -0.15) is 0 Å².